The summed E-state index contributed by atoms with van der Waals surface area (Å²) in [5.74, 6) is -0.503. The lowest BCUT2D eigenvalue weighted by Gasteiger charge is -2.17. The molecule has 170 valence electrons. The summed E-state index contributed by atoms with van der Waals surface area (Å²) < 4.78 is 5.96. The first kappa shape index (κ1) is 23.5. The predicted molar refractivity (Wildman–Crippen MR) is 124 cm³/mol. The van der Waals surface area contributed by atoms with Gasteiger partial charge in [0.25, 0.3) is 5.91 Å². The lowest BCUT2D eigenvalue weighted by molar-refractivity contribution is -0.913. The van der Waals surface area contributed by atoms with E-state index in [4.69, 9.17) is 14.3 Å². The van der Waals surface area contributed by atoms with Crippen molar-refractivity contribution in [1.82, 2.24) is 0 Å². The molecule has 1 aliphatic heterocycles. The molecule has 2 heterocycles. The average Bonchev–Trinajstić information content (AvgIpc) is 2.89. The Labute approximate surface area is 189 Å². The van der Waals surface area contributed by atoms with Crippen LogP contribution in [-0.2, 0) is 11.3 Å². The lowest BCUT2D eigenvalue weighted by atomic mass is 10.0. The number of nitrogens with one attached hydrogen (secondary N) is 2. The fraction of sp³-hybridized carbons (Fsp3) is 0.385. The number of carboxylic acid groups (broad SMARTS) is 1. The van der Waals surface area contributed by atoms with Gasteiger partial charge in [-0.2, -0.15) is 0 Å². The monoisotopic (exact) mass is 436 g/mol. The van der Waals surface area contributed by atoms with Crippen molar-refractivity contribution in [1.29, 1.82) is 0 Å². The Kier molecular flexibility index (Phi) is 8.06. The van der Waals surface area contributed by atoms with Crippen molar-refractivity contribution in [3.8, 4) is 0 Å². The van der Waals surface area contributed by atoms with Gasteiger partial charge >= 0.3 is 0 Å². The van der Waals surface area contributed by atoms with Crippen LogP contribution in [0, 0.1) is 13.8 Å². The number of benzene rings is 2. The Bertz CT molecular complexity index is 1060. The van der Waals surface area contributed by atoms with Gasteiger partial charge in [-0.15, -0.1) is 0 Å². The molecule has 0 saturated carbocycles. The highest BCUT2D eigenvalue weighted by molar-refractivity contribution is 6.14. The summed E-state index contributed by atoms with van der Waals surface area (Å²) in [4.78, 5) is 23.6. The molecule has 0 radical (unpaired) electrons. The highest BCUT2D eigenvalue weighted by Crippen LogP contribution is 2.29. The van der Waals surface area contributed by atoms with Gasteiger partial charge in [0.05, 0.1) is 18.7 Å². The summed E-state index contributed by atoms with van der Waals surface area (Å²) >= 11 is 0. The molecule has 0 spiro atoms. The number of rotatable bonds is 4. The van der Waals surface area contributed by atoms with Crippen LogP contribution in [0.25, 0.3) is 11.0 Å². The van der Waals surface area contributed by atoms with E-state index < -0.39 is 5.97 Å². The molecule has 0 atom stereocenters. The minimum atomic E-state index is -1.08. The Morgan fingerprint density at radius 2 is 1.62 bits per heavy atom. The number of aryl methyl sites for hydroxylation is 2. The zero-order chi connectivity index (χ0) is 23.1. The van der Waals surface area contributed by atoms with Crippen LogP contribution in [-0.4, -0.2) is 25.0 Å². The third-order valence-corrected chi connectivity index (χ3v) is 5.77. The molecule has 1 fully saturated rings. The van der Waals surface area contributed by atoms with E-state index in [-0.39, 0.29) is 5.91 Å². The number of amides is 1. The van der Waals surface area contributed by atoms with Gasteiger partial charge in [0.1, 0.15) is 17.9 Å². The molecule has 6 heteroatoms. The minimum absolute atomic E-state index is 0.0987. The maximum atomic E-state index is 13.1. The number of quaternary nitrogens is 1. The molecule has 0 bridgehead atoms. The molecule has 0 unspecified atom stereocenters. The molecule has 1 saturated heterocycles. The third kappa shape index (κ3) is 6.20. The number of furan rings is 1. The van der Waals surface area contributed by atoms with E-state index in [1.165, 1.54) is 49.9 Å². The van der Waals surface area contributed by atoms with Crippen molar-refractivity contribution in [2.24, 2.45) is 0 Å². The van der Waals surface area contributed by atoms with E-state index >= 15 is 0 Å². The molecule has 1 amide bonds. The first-order valence-corrected chi connectivity index (χ1v) is 11.3. The number of carboxylic acids is 1. The van der Waals surface area contributed by atoms with Gasteiger partial charge in [-0.3, -0.25) is 4.79 Å². The number of aliphatic carboxylic acids is 1. The fourth-order valence-electron chi connectivity index (χ4n) is 4.26. The third-order valence-electron chi connectivity index (χ3n) is 5.77. The van der Waals surface area contributed by atoms with E-state index in [9.17, 15) is 4.79 Å². The van der Waals surface area contributed by atoms with Crippen molar-refractivity contribution in [2.75, 3.05) is 18.4 Å². The highest BCUT2D eigenvalue weighted by atomic mass is 16.4. The number of carbonyl (C=O) groups is 2. The van der Waals surface area contributed by atoms with Gasteiger partial charge in [0, 0.05) is 22.6 Å². The van der Waals surface area contributed by atoms with Crippen LogP contribution in [0.1, 0.15) is 59.9 Å². The summed E-state index contributed by atoms with van der Waals surface area (Å²) in [6.07, 6.45) is 5.25. The van der Waals surface area contributed by atoms with Crippen molar-refractivity contribution >= 4 is 28.5 Å². The number of anilines is 1. The molecule has 1 aliphatic rings. The van der Waals surface area contributed by atoms with Crippen LogP contribution in [0.3, 0.4) is 0 Å². The highest BCUT2D eigenvalue weighted by Gasteiger charge is 2.23. The van der Waals surface area contributed by atoms with Crippen LogP contribution in [0.2, 0.25) is 0 Å². The topological polar surface area (TPSA) is 86.8 Å². The quantitative estimate of drug-likeness (QED) is 0.658. The van der Waals surface area contributed by atoms with Crippen LogP contribution in [0.5, 0.6) is 0 Å². The van der Waals surface area contributed by atoms with E-state index in [1.807, 2.05) is 50.2 Å². The average molecular weight is 437 g/mol. The number of fused-ring (bicyclic) bond motifs is 1. The zero-order valence-electron chi connectivity index (χ0n) is 19.1. The zero-order valence-corrected chi connectivity index (χ0v) is 19.1. The first-order valence-electron chi connectivity index (χ1n) is 11.3. The first-order chi connectivity index (χ1) is 15.3. The van der Waals surface area contributed by atoms with E-state index in [2.05, 4.69) is 11.4 Å². The van der Waals surface area contributed by atoms with Crippen molar-refractivity contribution in [2.45, 2.75) is 53.0 Å². The summed E-state index contributed by atoms with van der Waals surface area (Å²) in [5, 5.41) is 12.9. The Morgan fingerprint density at radius 1 is 1.00 bits per heavy atom. The van der Waals surface area contributed by atoms with Gasteiger partial charge in [0.15, 0.2) is 0 Å². The van der Waals surface area contributed by atoms with Gasteiger partial charge in [-0.05, 0) is 64.7 Å². The summed E-state index contributed by atoms with van der Waals surface area (Å²) in [6.45, 7) is 8.25. The van der Waals surface area contributed by atoms with Crippen molar-refractivity contribution in [3.63, 3.8) is 0 Å². The summed E-state index contributed by atoms with van der Waals surface area (Å²) in [7, 11) is 0. The second-order valence-electron chi connectivity index (χ2n) is 8.48. The lowest BCUT2D eigenvalue weighted by Crippen LogP contribution is -3.10. The smallest absolute Gasteiger partial charge is 0.259 e. The molecule has 4 rings (SSSR count). The molecule has 0 aliphatic carbocycles. The summed E-state index contributed by atoms with van der Waals surface area (Å²) in [6, 6.07) is 14.0. The van der Waals surface area contributed by atoms with Gasteiger partial charge in [0.2, 0.25) is 0 Å². The Balaban J connectivity index is 0.000000668. The van der Waals surface area contributed by atoms with Gasteiger partial charge in [-0.1, -0.05) is 29.8 Å². The van der Waals surface area contributed by atoms with Crippen LogP contribution in [0.4, 0.5) is 5.69 Å². The van der Waals surface area contributed by atoms with E-state index in [1.54, 1.807) is 4.90 Å². The molecule has 3 aromatic rings. The number of hydrogen-bond acceptors (Lipinski definition) is 4. The number of likely N-dealkylation sites (tertiary alicyclic amines) is 1. The second kappa shape index (κ2) is 11.0. The van der Waals surface area contributed by atoms with Crippen molar-refractivity contribution in [3.05, 3.63) is 64.9 Å². The molecule has 32 heavy (non-hydrogen) atoms. The SMILES string of the molecule is CC(=O)[O-].Cc1ccc(NC(=O)c2c(C)oc3cccc(C[NH+]4CCCCCC4)c23)cc1. The molecule has 6 nitrogen and oxygen atoms in total. The van der Waals surface area contributed by atoms with E-state index in [0.29, 0.717) is 11.3 Å². The number of hydrogen-bond donors (Lipinski definition) is 2. The van der Waals surface area contributed by atoms with E-state index in [0.717, 1.165) is 30.1 Å². The summed E-state index contributed by atoms with van der Waals surface area (Å²) in [5.41, 5.74) is 4.66. The molecule has 2 aromatic carbocycles. The normalized spacial score (nSPS) is 14.3. The van der Waals surface area contributed by atoms with Gasteiger partial charge in [-0.25, -0.2) is 0 Å². The Hall–Kier alpha value is -3.12. The molecule has 2 N–H and O–H groups in total. The maximum Gasteiger partial charge on any atom is 0.259 e. The van der Waals surface area contributed by atoms with Crippen LogP contribution < -0.4 is 15.3 Å². The minimum Gasteiger partial charge on any atom is -0.550 e. The van der Waals surface area contributed by atoms with Gasteiger partial charge < -0.3 is 24.5 Å². The molecular formula is C26H32N2O4. The maximum absolute atomic E-state index is 13.1. The second-order valence-corrected chi connectivity index (χ2v) is 8.48. The molecule has 1 aromatic heterocycles. The molecular weight excluding hydrogens is 404 g/mol. The van der Waals surface area contributed by atoms with Crippen molar-refractivity contribution < 1.29 is 24.0 Å². The van der Waals surface area contributed by atoms with Crippen LogP contribution in [0.15, 0.2) is 46.9 Å². The fourth-order valence-corrected chi connectivity index (χ4v) is 4.26. The Morgan fingerprint density at radius 3 is 2.25 bits per heavy atom. The standard InChI is InChI=1S/C24H28N2O2.C2H4O2/c1-17-10-12-20(13-11-17)25-24(27)22-18(2)28-21-9-7-8-19(23(21)22)16-26-14-5-3-4-6-15-26;1-2(3)4/h7-13H,3-6,14-16H2,1-2H3,(H,25,27);1H3,(H,3,4). The van der Waals surface area contributed by atoms with Crippen LogP contribution >= 0.6 is 0 Å². The largest absolute Gasteiger partial charge is 0.550 e. The number of carbonyl (C=O) groups excluding carboxylic acids is 2. The predicted octanol–water partition coefficient (Wildman–Crippen LogP) is 3.02.